The minimum absolute atomic E-state index is 0.135. The molecule has 2 aromatic carbocycles. The quantitative estimate of drug-likeness (QED) is 0.420. The van der Waals surface area contributed by atoms with Gasteiger partial charge in [0, 0.05) is 0 Å². The number of halogens is 1. The number of hydrogen-bond acceptors (Lipinski definition) is 5. The van der Waals surface area contributed by atoms with Gasteiger partial charge in [0.15, 0.2) is 11.5 Å². The van der Waals surface area contributed by atoms with Gasteiger partial charge in [0.2, 0.25) is 0 Å². The lowest BCUT2D eigenvalue weighted by molar-refractivity contribution is 0.0697. The second-order valence-corrected chi connectivity index (χ2v) is 5.63. The first-order valence-corrected chi connectivity index (χ1v) is 7.90. The van der Waals surface area contributed by atoms with E-state index in [9.17, 15) is 4.79 Å². The molecule has 0 unspecified atom stereocenters. The standard InChI is InChI=1S/C18H15BrN2O4/c1-3-8-25-17-15(19)9-12(10-16(17)24-2)11-20-21-14-6-4-13(5-7-14)18(22)23/h1,4-7,9-11,21H,8H2,2H3,(H,22,23). The molecule has 128 valence electrons. The van der Waals surface area contributed by atoms with Crippen molar-refractivity contribution in [3.8, 4) is 23.8 Å². The van der Waals surface area contributed by atoms with E-state index in [1.54, 1.807) is 24.4 Å². The van der Waals surface area contributed by atoms with Crippen LogP contribution >= 0.6 is 15.9 Å². The van der Waals surface area contributed by atoms with E-state index in [2.05, 4.69) is 32.4 Å². The number of nitrogens with one attached hydrogen (secondary N) is 1. The number of terminal acetylenes is 1. The van der Waals surface area contributed by atoms with Crippen molar-refractivity contribution in [1.29, 1.82) is 0 Å². The normalized spacial score (nSPS) is 10.3. The lowest BCUT2D eigenvalue weighted by Gasteiger charge is -2.11. The summed E-state index contributed by atoms with van der Waals surface area (Å²) < 4.78 is 11.4. The van der Waals surface area contributed by atoms with Crippen LogP contribution in [0.2, 0.25) is 0 Å². The molecule has 0 heterocycles. The fourth-order valence-corrected chi connectivity index (χ4v) is 2.51. The van der Waals surface area contributed by atoms with Gasteiger partial charge in [-0.2, -0.15) is 5.10 Å². The lowest BCUT2D eigenvalue weighted by atomic mass is 10.2. The van der Waals surface area contributed by atoms with Crippen molar-refractivity contribution in [2.45, 2.75) is 0 Å². The maximum absolute atomic E-state index is 10.8. The summed E-state index contributed by atoms with van der Waals surface area (Å²) in [6.07, 6.45) is 6.80. The van der Waals surface area contributed by atoms with Crippen molar-refractivity contribution in [3.05, 3.63) is 52.0 Å². The van der Waals surface area contributed by atoms with Crippen LogP contribution in [-0.2, 0) is 0 Å². The Labute approximate surface area is 153 Å². The number of carbonyl (C=O) groups is 1. The number of ether oxygens (including phenoxy) is 2. The number of hydrogen-bond donors (Lipinski definition) is 2. The minimum atomic E-state index is -0.973. The van der Waals surface area contributed by atoms with Crippen LogP contribution in [0, 0.1) is 12.3 Å². The van der Waals surface area contributed by atoms with Crippen LogP contribution in [0.3, 0.4) is 0 Å². The Morgan fingerprint density at radius 2 is 2.12 bits per heavy atom. The summed E-state index contributed by atoms with van der Waals surface area (Å²) in [6, 6.07) is 9.83. The molecule has 25 heavy (non-hydrogen) atoms. The second kappa shape index (κ2) is 8.76. The molecule has 0 atom stereocenters. The van der Waals surface area contributed by atoms with Gasteiger partial charge in [0.05, 0.1) is 29.0 Å². The zero-order chi connectivity index (χ0) is 18.2. The van der Waals surface area contributed by atoms with Gasteiger partial charge >= 0.3 is 5.97 Å². The largest absolute Gasteiger partial charge is 0.493 e. The summed E-state index contributed by atoms with van der Waals surface area (Å²) in [4.78, 5) is 10.8. The molecule has 2 rings (SSSR count). The monoisotopic (exact) mass is 402 g/mol. The van der Waals surface area contributed by atoms with Crippen LogP contribution < -0.4 is 14.9 Å². The van der Waals surface area contributed by atoms with Gasteiger partial charge in [0.1, 0.15) is 6.61 Å². The van der Waals surface area contributed by atoms with Crippen molar-refractivity contribution in [1.82, 2.24) is 0 Å². The number of hydrazone groups is 1. The highest BCUT2D eigenvalue weighted by molar-refractivity contribution is 9.10. The fourth-order valence-electron chi connectivity index (χ4n) is 1.94. The highest BCUT2D eigenvalue weighted by atomic mass is 79.9. The Morgan fingerprint density at radius 1 is 1.40 bits per heavy atom. The molecule has 0 aliphatic heterocycles. The summed E-state index contributed by atoms with van der Waals surface area (Å²) in [6.45, 7) is 0.135. The molecule has 0 aliphatic rings. The Morgan fingerprint density at radius 3 is 2.72 bits per heavy atom. The van der Waals surface area contributed by atoms with Crippen LogP contribution in [0.5, 0.6) is 11.5 Å². The number of anilines is 1. The fraction of sp³-hybridized carbons (Fsp3) is 0.111. The third-order valence-corrected chi connectivity index (χ3v) is 3.68. The maximum atomic E-state index is 10.8. The predicted molar refractivity (Wildman–Crippen MR) is 99.6 cm³/mol. The molecule has 0 saturated carbocycles. The molecule has 0 fully saturated rings. The smallest absolute Gasteiger partial charge is 0.335 e. The van der Waals surface area contributed by atoms with Gasteiger partial charge in [-0.1, -0.05) is 5.92 Å². The van der Waals surface area contributed by atoms with Gasteiger partial charge in [-0.15, -0.1) is 6.42 Å². The van der Waals surface area contributed by atoms with Gasteiger partial charge in [0.25, 0.3) is 0 Å². The van der Waals surface area contributed by atoms with Gasteiger partial charge in [-0.3, -0.25) is 5.43 Å². The molecular weight excluding hydrogens is 388 g/mol. The van der Waals surface area contributed by atoms with Crippen molar-refractivity contribution >= 4 is 33.8 Å². The summed E-state index contributed by atoms with van der Waals surface area (Å²) in [5, 5.41) is 13.0. The molecule has 0 saturated heterocycles. The molecule has 0 bridgehead atoms. The third-order valence-electron chi connectivity index (χ3n) is 3.09. The summed E-state index contributed by atoms with van der Waals surface area (Å²) in [7, 11) is 1.54. The van der Waals surface area contributed by atoms with E-state index in [-0.39, 0.29) is 12.2 Å². The van der Waals surface area contributed by atoms with E-state index in [1.807, 2.05) is 6.07 Å². The minimum Gasteiger partial charge on any atom is -0.493 e. The molecule has 0 aromatic heterocycles. The molecule has 0 aliphatic carbocycles. The Kier molecular flexibility index (Phi) is 6.43. The van der Waals surface area contributed by atoms with E-state index in [0.29, 0.717) is 21.7 Å². The van der Waals surface area contributed by atoms with Gasteiger partial charge < -0.3 is 14.6 Å². The van der Waals surface area contributed by atoms with E-state index in [4.69, 9.17) is 21.0 Å². The molecular formula is C18H15BrN2O4. The highest BCUT2D eigenvalue weighted by Crippen LogP contribution is 2.36. The highest BCUT2D eigenvalue weighted by Gasteiger charge is 2.10. The molecule has 2 aromatic rings. The van der Waals surface area contributed by atoms with Crippen LogP contribution in [0.25, 0.3) is 0 Å². The number of rotatable bonds is 7. The number of methoxy groups -OCH3 is 1. The molecule has 0 spiro atoms. The molecule has 2 N–H and O–H groups in total. The summed E-state index contributed by atoms with van der Waals surface area (Å²) in [5.41, 5.74) is 4.48. The number of benzene rings is 2. The molecule has 0 radical (unpaired) electrons. The van der Waals surface area contributed by atoms with Crippen molar-refractivity contribution in [3.63, 3.8) is 0 Å². The van der Waals surface area contributed by atoms with E-state index in [0.717, 1.165) is 5.56 Å². The second-order valence-electron chi connectivity index (χ2n) is 4.78. The molecule has 0 amide bonds. The Hall–Kier alpha value is -2.98. The maximum Gasteiger partial charge on any atom is 0.335 e. The van der Waals surface area contributed by atoms with Crippen molar-refractivity contribution in [2.75, 3.05) is 19.1 Å². The van der Waals surface area contributed by atoms with Crippen molar-refractivity contribution < 1.29 is 19.4 Å². The van der Waals surface area contributed by atoms with Crippen LogP contribution in [0.4, 0.5) is 5.69 Å². The molecule has 7 heteroatoms. The van der Waals surface area contributed by atoms with Gasteiger partial charge in [-0.05, 0) is 57.9 Å². The molecule has 6 nitrogen and oxygen atoms in total. The average molecular weight is 403 g/mol. The SMILES string of the molecule is C#CCOc1c(Br)cc(C=NNc2ccc(C(=O)O)cc2)cc1OC. The van der Waals surface area contributed by atoms with E-state index >= 15 is 0 Å². The lowest BCUT2D eigenvalue weighted by Crippen LogP contribution is -1.99. The predicted octanol–water partition coefficient (Wildman–Crippen LogP) is 3.61. The van der Waals surface area contributed by atoms with Gasteiger partial charge in [-0.25, -0.2) is 4.79 Å². The average Bonchev–Trinajstić information content (AvgIpc) is 2.61. The zero-order valence-corrected chi connectivity index (χ0v) is 14.9. The topological polar surface area (TPSA) is 80.2 Å². The van der Waals surface area contributed by atoms with Crippen molar-refractivity contribution in [2.24, 2.45) is 5.10 Å². The number of aromatic carboxylic acids is 1. The van der Waals surface area contributed by atoms with Crippen LogP contribution in [0.1, 0.15) is 15.9 Å². The van der Waals surface area contributed by atoms with Crippen LogP contribution in [0.15, 0.2) is 46.0 Å². The summed E-state index contributed by atoms with van der Waals surface area (Å²) in [5.74, 6) is 2.48. The van der Waals surface area contributed by atoms with E-state index in [1.165, 1.54) is 19.2 Å². The third kappa shape index (κ3) is 4.99. The first-order valence-electron chi connectivity index (χ1n) is 7.11. The number of carboxylic acids is 1. The Balaban J connectivity index is 2.11. The summed E-state index contributed by atoms with van der Waals surface area (Å²) >= 11 is 3.42. The van der Waals surface area contributed by atoms with E-state index < -0.39 is 5.97 Å². The number of carboxylic acid groups (broad SMARTS) is 1. The number of nitrogens with zero attached hydrogens (tertiary/aromatic N) is 1. The zero-order valence-electron chi connectivity index (χ0n) is 13.3. The first kappa shape index (κ1) is 18.4. The Bertz CT molecular complexity index is 826. The first-order chi connectivity index (χ1) is 12.0. The van der Waals surface area contributed by atoms with Crippen LogP contribution in [-0.4, -0.2) is 31.0 Å².